The second-order valence-electron chi connectivity index (χ2n) is 9.49. The zero-order valence-corrected chi connectivity index (χ0v) is 21.8. The van der Waals surface area contributed by atoms with Gasteiger partial charge in [0.1, 0.15) is 18.8 Å². The molecule has 5 atom stereocenters. The lowest BCUT2D eigenvalue weighted by Gasteiger charge is -2.37. The minimum Gasteiger partial charge on any atom is -0.374 e. The summed E-state index contributed by atoms with van der Waals surface area (Å²) in [5, 5.41) is 8.55. The molecule has 0 spiro atoms. The van der Waals surface area contributed by atoms with Gasteiger partial charge in [-0.2, -0.15) is 0 Å². The average Bonchev–Trinajstić information content (AvgIpc) is 3.39. The Balaban J connectivity index is 1.40. The molecule has 1 aliphatic heterocycles. The Labute approximate surface area is 216 Å². The van der Waals surface area contributed by atoms with Crippen LogP contribution in [0.1, 0.15) is 43.2 Å². The van der Waals surface area contributed by atoms with Gasteiger partial charge in [0.15, 0.2) is 6.29 Å². The predicted molar refractivity (Wildman–Crippen MR) is 137 cm³/mol. The van der Waals surface area contributed by atoms with Gasteiger partial charge in [-0.3, -0.25) is 0 Å². The number of hydrogen-bond donors (Lipinski definition) is 1. The summed E-state index contributed by atoms with van der Waals surface area (Å²) >= 11 is 0. The van der Waals surface area contributed by atoms with Gasteiger partial charge in [-0.1, -0.05) is 29.5 Å². The lowest BCUT2D eigenvalue weighted by molar-refractivity contribution is -0.189. The highest BCUT2D eigenvalue weighted by atomic mass is 19.1. The number of nitrogens with two attached hydrogens (primary N) is 1. The van der Waals surface area contributed by atoms with Gasteiger partial charge in [0.25, 0.3) is 0 Å². The van der Waals surface area contributed by atoms with Crippen molar-refractivity contribution in [3.63, 3.8) is 0 Å². The third-order valence-corrected chi connectivity index (χ3v) is 6.96. The molecule has 1 aliphatic rings. The molecular formula is C26H36FN7O3. The standard InChI is InChI=1S/C26H36FN7O3/c1-17-11-22(12-24(35-3)37-17)33(2)10-9-21-16-34(32-31-21)23(13-27)25(36-4)19-7-5-18(6-8-19)20-14-29-26(28)30-15-20/h5-8,14-17,22-25H,9-13H2,1-4H3,(H2,28,29,30)/t17-,22+,23-,24-,25-/m1/s1. The van der Waals surface area contributed by atoms with Gasteiger partial charge in [-0.25, -0.2) is 19.0 Å². The van der Waals surface area contributed by atoms with E-state index < -0.39 is 18.8 Å². The molecule has 0 saturated carbocycles. The maximum absolute atomic E-state index is 14.3. The molecule has 3 aromatic rings. The molecule has 1 aromatic carbocycles. The van der Waals surface area contributed by atoms with Gasteiger partial charge in [0.2, 0.25) is 5.95 Å². The molecule has 10 nitrogen and oxygen atoms in total. The fraction of sp³-hybridized carbons (Fsp3) is 0.538. The Morgan fingerprint density at radius 3 is 2.54 bits per heavy atom. The van der Waals surface area contributed by atoms with Gasteiger partial charge in [-0.05, 0) is 31.5 Å². The number of alkyl halides is 1. The number of anilines is 1. The zero-order chi connectivity index (χ0) is 26.4. The van der Waals surface area contributed by atoms with Crippen LogP contribution in [-0.4, -0.2) is 82.8 Å². The Hall–Kier alpha value is -2.99. The summed E-state index contributed by atoms with van der Waals surface area (Å²) in [6, 6.07) is 7.41. The van der Waals surface area contributed by atoms with E-state index in [4.69, 9.17) is 19.9 Å². The Bertz CT molecular complexity index is 1110. The van der Waals surface area contributed by atoms with E-state index in [1.807, 2.05) is 30.5 Å². The summed E-state index contributed by atoms with van der Waals surface area (Å²) < 4.78 is 32.8. The molecule has 0 bridgehead atoms. The molecule has 1 saturated heterocycles. The summed E-state index contributed by atoms with van der Waals surface area (Å²) in [5.74, 6) is 0.224. The highest BCUT2D eigenvalue weighted by molar-refractivity contribution is 5.62. The molecule has 200 valence electrons. The van der Waals surface area contributed by atoms with Crippen molar-refractivity contribution in [2.75, 3.05) is 40.2 Å². The number of likely N-dealkylation sites (N-methyl/N-ethyl adjacent to an activating group) is 1. The second-order valence-corrected chi connectivity index (χ2v) is 9.49. The van der Waals surface area contributed by atoms with Crippen molar-refractivity contribution in [2.45, 2.75) is 56.8 Å². The lowest BCUT2D eigenvalue weighted by Crippen LogP contribution is -2.44. The van der Waals surface area contributed by atoms with Gasteiger partial charge in [0.05, 0.1) is 11.8 Å². The molecule has 11 heteroatoms. The van der Waals surface area contributed by atoms with Crippen molar-refractivity contribution < 1.29 is 18.6 Å². The zero-order valence-electron chi connectivity index (χ0n) is 21.8. The number of aromatic nitrogens is 5. The number of hydrogen-bond acceptors (Lipinski definition) is 9. The molecule has 0 unspecified atom stereocenters. The lowest BCUT2D eigenvalue weighted by atomic mass is 9.99. The van der Waals surface area contributed by atoms with Gasteiger partial charge < -0.3 is 24.8 Å². The summed E-state index contributed by atoms with van der Waals surface area (Å²) in [6.45, 7) is 2.23. The van der Waals surface area contributed by atoms with Crippen LogP contribution < -0.4 is 5.73 Å². The number of halogens is 1. The van der Waals surface area contributed by atoms with Crippen molar-refractivity contribution in [3.8, 4) is 11.1 Å². The SMILES string of the molecule is CO[C@H]1C[C@@H](N(C)CCc2cn([C@H](CF)[C@H](OC)c3ccc(-c4cnc(N)nc4)cc3)nn2)C[C@@H](C)O1. The third kappa shape index (κ3) is 6.67. The summed E-state index contributed by atoms with van der Waals surface area (Å²) in [5.41, 5.74) is 8.99. The van der Waals surface area contributed by atoms with E-state index in [1.54, 1.807) is 31.3 Å². The average molecular weight is 514 g/mol. The van der Waals surface area contributed by atoms with Crippen molar-refractivity contribution >= 4 is 5.95 Å². The van der Waals surface area contributed by atoms with Crippen LogP contribution in [-0.2, 0) is 20.6 Å². The Kier molecular flexibility index (Phi) is 9.14. The van der Waals surface area contributed by atoms with Crippen LogP contribution in [0.4, 0.5) is 10.3 Å². The molecule has 0 radical (unpaired) electrons. The van der Waals surface area contributed by atoms with Gasteiger partial charge in [0, 0.05) is 63.8 Å². The van der Waals surface area contributed by atoms with Crippen LogP contribution >= 0.6 is 0 Å². The number of nitrogen functional groups attached to an aromatic ring is 1. The first kappa shape index (κ1) is 27.1. The molecule has 3 heterocycles. The normalized spacial score (nSPS) is 21.7. The predicted octanol–water partition coefficient (Wildman–Crippen LogP) is 3.23. The van der Waals surface area contributed by atoms with E-state index in [-0.39, 0.29) is 18.3 Å². The third-order valence-electron chi connectivity index (χ3n) is 6.96. The minimum absolute atomic E-state index is 0.150. The van der Waals surface area contributed by atoms with E-state index in [2.05, 4.69) is 39.2 Å². The molecule has 1 fully saturated rings. The van der Waals surface area contributed by atoms with E-state index >= 15 is 0 Å². The highest BCUT2D eigenvalue weighted by Crippen LogP contribution is 2.31. The molecule has 0 aliphatic carbocycles. The number of ether oxygens (including phenoxy) is 3. The van der Waals surface area contributed by atoms with E-state index in [1.165, 1.54) is 0 Å². The molecule has 4 rings (SSSR count). The monoisotopic (exact) mass is 513 g/mol. The molecule has 0 amide bonds. The largest absolute Gasteiger partial charge is 0.374 e. The van der Waals surface area contributed by atoms with Crippen LogP contribution in [0.3, 0.4) is 0 Å². The summed E-state index contributed by atoms with van der Waals surface area (Å²) in [4.78, 5) is 10.4. The first-order valence-electron chi connectivity index (χ1n) is 12.5. The number of rotatable bonds is 11. The van der Waals surface area contributed by atoms with E-state index in [0.29, 0.717) is 12.5 Å². The minimum atomic E-state index is -0.646. The summed E-state index contributed by atoms with van der Waals surface area (Å²) in [6.07, 6.45) is 7.07. The fourth-order valence-electron chi connectivity index (χ4n) is 4.80. The molecular weight excluding hydrogens is 477 g/mol. The van der Waals surface area contributed by atoms with Crippen LogP contribution in [0.2, 0.25) is 0 Å². The number of methoxy groups -OCH3 is 2. The maximum Gasteiger partial charge on any atom is 0.219 e. The van der Waals surface area contributed by atoms with E-state index in [0.717, 1.165) is 41.8 Å². The van der Waals surface area contributed by atoms with Gasteiger partial charge in [-0.15, -0.1) is 5.10 Å². The van der Waals surface area contributed by atoms with Crippen LogP contribution in [0.5, 0.6) is 0 Å². The smallest absolute Gasteiger partial charge is 0.219 e. The van der Waals surface area contributed by atoms with Crippen LogP contribution in [0.15, 0.2) is 42.9 Å². The van der Waals surface area contributed by atoms with Gasteiger partial charge >= 0.3 is 0 Å². The summed E-state index contributed by atoms with van der Waals surface area (Å²) in [7, 11) is 5.35. The second kappa shape index (κ2) is 12.5. The van der Waals surface area contributed by atoms with Crippen molar-refractivity contribution in [2.24, 2.45) is 0 Å². The highest BCUT2D eigenvalue weighted by Gasteiger charge is 2.30. The van der Waals surface area contributed by atoms with Crippen molar-refractivity contribution in [1.29, 1.82) is 0 Å². The maximum atomic E-state index is 14.3. The topological polar surface area (TPSA) is 113 Å². The molecule has 2 aromatic heterocycles. The van der Waals surface area contributed by atoms with E-state index in [9.17, 15) is 4.39 Å². The number of nitrogens with zero attached hydrogens (tertiary/aromatic N) is 6. The van der Waals surface area contributed by atoms with Crippen molar-refractivity contribution in [1.82, 2.24) is 29.9 Å². The van der Waals surface area contributed by atoms with Crippen LogP contribution in [0, 0.1) is 0 Å². The van der Waals surface area contributed by atoms with Crippen molar-refractivity contribution in [3.05, 3.63) is 54.1 Å². The number of benzene rings is 1. The molecule has 2 N–H and O–H groups in total. The quantitative estimate of drug-likeness (QED) is 0.413. The van der Waals surface area contributed by atoms with Crippen LogP contribution in [0.25, 0.3) is 11.1 Å². The molecule has 37 heavy (non-hydrogen) atoms. The first-order valence-corrected chi connectivity index (χ1v) is 12.5. The Morgan fingerprint density at radius 2 is 1.89 bits per heavy atom. The fourth-order valence-corrected chi connectivity index (χ4v) is 4.80. The first-order chi connectivity index (χ1) is 17.9. The Morgan fingerprint density at radius 1 is 1.16 bits per heavy atom.